The molecule has 0 bridgehead atoms. The lowest BCUT2D eigenvalue weighted by Gasteiger charge is -2.13. The van der Waals surface area contributed by atoms with Crippen molar-refractivity contribution in [2.75, 3.05) is 0 Å². The molecule has 0 amide bonds. The van der Waals surface area contributed by atoms with Gasteiger partial charge in [-0.05, 0) is 84.3 Å². The predicted octanol–water partition coefficient (Wildman–Crippen LogP) is 9.60. The maximum absolute atomic E-state index is 11.3. The maximum Gasteiger partial charge on any atom is 0.133 e. The van der Waals surface area contributed by atoms with Gasteiger partial charge in [0.1, 0.15) is 11.5 Å². The number of pyridine rings is 2. The molecule has 0 saturated carbocycles. The van der Waals surface area contributed by atoms with Crippen LogP contribution in [0.4, 0.5) is 0 Å². The third kappa shape index (κ3) is 4.13. The monoisotopic (exact) mass is 556 g/mol. The van der Waals surface area contributed by atoms with Crippen LogP contribution in [-0.4, -0.2) is 20.2 Å². The number of hydrogen-bond donors (Lipinski definition) is 2. The summed E-state index contributed by atoms with van der Waals surface area (Å²) in [5, 5.41) is 28.5. The van der Waals surface area contributed by atoms with E-state index in [2.05, 4.69) is 0 Å². The second kappa shape index (κ2) is 9.59. The summed E-state index contributed by atoms with van der Waals surface area (Å²) in [6, 6.07) is 28.0. The van der Waals surface area contributed by atoms with Crippen LogP contribution in [0.25, 0.3) is 65.2 Å². The molecule has 0 radical (unpaired) electrons. The number of thiophene rings is 2. The average molecular weight is 557 g/mol. The van der Waals surface area contributed by atoms with Crippen LogP contribution < -0.4 is 0 Å². The van der Waals surface area contributed by atoms with Gasteiger partial charge in [-0.15, -0.1) is 22.7 Å². The highest BCUT2D eigenvalue weighted by Gasteiger charge is 2.17. The number of rotatable bonds is 4. The van der Waals surface area contributed by atoms with Gasteiger partial charge in [-0.2, -0.15) is 0 Å². The number of hydrogen-bond acceptors (Lipinski definition) is 6. The molecule has 0 aliphatic carbocycles. The SMILES string of the molecule is Cc1cc(-c2ccc3ccc4ccc(-c5cc(C)cc(-c6cccs6)c5O)nc4c3n2)c(O)c(-c2cccs2)c1. The molecule has 7 rings (SSSR count). The van der Waals surface area contributed by atoms with Crippen molar-refractivity contribution >= 4 is 44.5 Å². The third-order valence-electron chi connectivity index (χ3n) is 7.15. The number of nitrogens with zero attached hydrogens (tertiary/aromatic N) is 2. The van der Waals surface area contributed by atoms with Crippen LogP contribution in [0.5, 0.6) is 11.5 Å². The second-order valence-electron chi connectivity index (χ2n) is 9.97. The van der Waals surface area contributed by atoms with E-state index in [1.165, 1.54) is 0 Å². The first-order valence-electron chi connectivity index (χ1n) is 12.9. The minimum Gasteiger partial charge on any atom is -0.507 e. The molecule has 0 spiro atoms. The fraction of sp³-hybridized carbons (Fsp3) is 0.0588. The Labute approximate surface area is 239 Å². The van der Waals surface area contributed by atoms with Crippen molar-refractivity contribution in [1.82, 2.24) is 9.97 Å². The molecular weight excluding hydrogens is 533 g/mol. The van der Waals surface area contributed by atoms with Crippen molar-refractivity contribution in [2.45, 2.75) is 13.8 Å². The van der Waals surface area contributed by atoms with Crippen LogP contribution in [0, 0.1) is 13.8 Å². The molecule has 40 heavy (non-hydrogen) atoms. The fourth-order valence-electron chi connectivity index (χ4n) is 5.26. The van der Waals surface area contributed by atoms with Crippen molar-refractivity contribution < 1.29 is 10.2 Å². The van der Waals surface area contributed by atoms with Gasteiger partial charge < -0.3 is 10.2 Å². The highest BCUT2D eigenvalue weighted by molar-refractivity contribution is 7.13. The zero-order valence-electron chi connectivity index (χ0n) is 21.8. The Hall–Kier alpha value is -4.52. The van der Waals surface area contributed by atoms with Crippen molar-refractivity contribution in [3.05, 3.63) is 107 Å². The molecule has 3 aromatic carbocycles. The summed E-state index contributed by atoms with van der Waals surface area (Å²) in [4.78, 5) is 12.1. The van der Waals surface area contributed by atoms with Crippen molar-refractivity contribution in [2.24, 2.45) is 0 Å². The van der Waals surface area contributed by atoms with Gasteiger partial charge in [-0.3, -0.25) is 0 Å². The molecule has 2 N–H and O–H groups in total. The van der Waals surface area contributed by atoms with E-state index >= 15 is 0 Å². The topological polar surface area (TPSA) is 66.2 Å². The zero-order valence-corrected chi connectivity index (χ0v) is 23.5. The zero-order chi connectivity index (χ0) is 27.4. The molecular formula is C34H24N2O2S2. The highest BCUT2D eigenvalue weighted by Crippen LogP contribution is 2.42. The first kappa shape index (κ1) is 24.5. The van der Waals surface area contributed by atoms with Gasteiger partial charge in [-0.1, -0.05) is 36.4 Å². The lowest BCUT2D eigenvalue weighted by atomic mass is 9.99. The smallest absolute Gasteiger partial charge is 0.133 e. The average Bonchev–Trinajstić information content (AvgIpc) is 3.70. The van der Waals surface area contributed by atoms with E-state index in [9.17, 15) is 10.2 Å². The molecule has 4 nitrogen and oxygen atoms in total. The van der Waals surface area contributed by atoms with Crippen LogP contribution in [0.2, 0.25) is 0 Å². The van der Waals surface area contributed by atoms with E-state index in [4.69, 9.17) is 9.97 Å². The van der Waals surface area contributed by atoms with Crippen molar-refractivity contribution in [1.29, 1.82) is 0 Å². The van der Waals surface area contributed by atoms with Crippen molar-refractivity contribution in [3.8, 4) is 54.9 Å². The van der Waals surface area contributed by atoms with Crippen LogP contribution in [0.15, 0.2) is 95.7 Å². The van der Waals surface area contributed by atoms with Gasteiger partial charge in [-0.25, -0.2) is 9.97 Å². The van der Waals surface area contributed by atoms with E-state index in [0.29, 0.717) is 22.5 Å². The van der Waals surface area contributed by atoms with E-state index < -0.39 is 0 Å². The van der Waals surface area contributed by atoms with E-state index in [1.54, 1.807) is 22.7 Å². The summed E-state index contributed by atoms with van der Waals surface area (Å²) in [7, 11) is 0. The molecule has 4 heterocycles. The number of aryl methyl sites for hydroxylation is 2. The van der Waals surface area contributed by atoms with E-state index in [0.717, 1.165) is 53.8 Å². The quantitative estimate of drug-likeness (QED) is 0.212. The molecule has 0 saturated heterocycles. The summed E-state index contributed by atoms with van der Waals surface area (Å²) in [6.07, 6.45) is 0. The highest BCUT2D eigenvalue weighted by atomic mass is 32.1. The summed E-state index contributed by atoms with van der Waals surface area (Å²) >= 11 is 3.20. The maximum atomic E-state index is 11.3. The van der Waals surface area contributed by atoms with Crippen LogP contribution in [0.1, 0.15) is 11.1 Å². The first-order valence-corrected chi connectivity index (χ1v) is 14.7. The predicted molar refractivity (Wildman–Crippen MR) is 167 cm³/mol. The third-order valence-corrected chi connectivity index (χ3v) is 8.96. The Morgan fingerprint density at radius 3 is 1.32 bits per heavy atom. The Kier molecular flexibility index (Phi) is 5.88. The number of phenolic OH excluding ortho intramolecular Hbond substituents is 2. The molecule has 0 aliphatic heterocycles. The Morgan fingerprint density at radius 1 is 0.525 bits per heavy atom. The molecule has 0 aliphatic rings. The Morgan fingerprint density at radius 2 is 0.925 bits per heavy atom. The second-order valence-corrected chi connectivity index (χ2v) is 11.9. The largest absolute Gasteiger partial charge is 0.507 e. The Balaban J connectivity index is 1.42. The molecule has 0 atom stereocenters. The van der Waals surface area contributed by atoms with Gasteiger partial charge in [0.2, 0.25) is 0 Å². The number of aromatic hydroxyl groups is 2. The lowest BCUT2D eigenvalue weighted by Crippen LogP contribution is -1.93. The van der Waals surface area contributed by atoms with Crippen LogP contribution in [-0.2, 0) is 0 Å². The standard InChI is InChI=1S/C34H24N2O2S2/c1-19-15-23(33(37)25(17-19)29-5-3-13-39-29)27-11-9-21-7-8-22-10-12-28(36-32(22)31(21)35-27)24-16-20(2)18-26(34(24)38)30-6-4-14-40-30/h3-18,37-38H,1-2H3. The van der Waals surface area contributed by atoms with Gasteiger partial charge in [0.25, 0.3) is 0 Å². The van der Waals surface area contributed by atoms with Crippen LogP contribution in [0.3, 0.4) is 0 Å². The summed E-state index contributed by atoms with van der Waals surface area (Å²) in [5.41, 5.74) is 7.96. The normalized spacial score (nSPS) is 11.4. The number of phenols is 2. The van der Waals surface area contributed by atoms with Gasteiger partial charge >= 0.3 is 0 Å². The minimum atomic E-state index is 0.222. The molecule has 4 aromatic heterocycles. The summed E-state index contributed by atoms with van der Waals surface area (Å²) < 4.78 is 0. The summed E-state index contributed by atoms with van der Waals surface area (Å²) in [6.45, 7) is 4.06. The first-order chi connectivity index (χ1) is 19.5. The fourth-order valence-corrected chi connectivity index (χ4v) is 6.74. The lowest BCUT2D eigenvalue weighted by molar-refractivity contribution is 0.478. The molecule has 6 heteroatoms. The summed E-state index contributed by atoms with van der Waals surface area (Å²) in [5.74, 6) is 0.444. The van der Waals surface area contributed by atoms with Crippen LogP contribution >= 0.6 is 22.7 Å². The number of fused-ring (bicyclic) bond motifs is 3. The Bertz CT molecular complexity index is 1900. The van der Waals surface area contributed by atoms with Gasteiger partial charge in [0.15, 0.2) is 0 Å². The molecule has 0 fully saturated rings. The molecule has 0 unspecified atom stereocenters. The molecule has 194 valence electrons. The van der Waals surface area contributed by atoms with Crippen molar-refractivity contribution in [3.63, 3.8) is 0 Å². The molecule has 7 aromatic rings. The minimum absolute atomic E-state index is 0.222. The van der Waals surface area contributed by atoms with Gasteiger partial charge in [0.05, 0.1) is 22.4 Å². The number of aromatic nitrogens is 2. The number of benzene rings is 3. The van der Waals surface area contributed by atoms with E-state index in [-0.39, 0.29) is 11.5 Å². The van der Waals surface area contributed by atoms with E-state index in [1.807, 2.05) is 110 Å². The van der Waals surface area contributed by atoms with Gasteiger partial charge in [0, 0.05) is 42.8 Å².